The summed E-state index contributed by atoms with van der Waals surface area (Å²) in [5.41, 5.74) is 14.8. The summed E-state index contributed by atoms with van der Waals surface area (Å²) < 4.78 is 2.48. The lowest BCUT2D eigenvalue weighted by Crippen LogP contribution is -2.02. The predicted octanol–water partition coefficient (Wildman–Crippen LogP) is 15.0. The Bertz CT molecular complexity index is 3430. The number of para-hydroxylation sites is 1. The highest BCUT2D eigenvalue weighted by molar-refractivity contribution is 7.26. The number of benzene rings is 8. The molecule has 0 spiro atoms. The largest absolute Gasteiger partial charge is 0.247 e. The highest BCUT2D eigenvalue weighted by atomic mass is 32.1. The molecule has 3 nitrogen and oxygen atoms in total. The minimum Gasteiger partial charge on any atom is -0.247 e. The SMILES string of the molecule is c1ccc(-c2cc(-c3ccc4c(c3)-c3ccccc3CCC4c3ccccc3)nc(-c3ccc4c(c3)sc3c4ccc4c(-c5ccccc5)nc5ccccc5c43)n2)cc1. The third-order valence-corrected chi connectivity index (χ3v) is 13.5. The van der Waals surface area contributed by atoms with Crippen molar-refractivity contribution in [2.75, 3.05) is 0 Å². The van der Waals surface area contributed by atoms with Gasteiger partial charge in [0.1, 0.15) is 0 Å². The van der Waals surface area contributed by atoms with E-state index in [1.807, 2.05) is 11.3 Å². The van der Waals surface area contributed by atoms with Crippen molar-refractivity contribution in [3.63, 3.8) is 0 Å². The van der Waals surface area contributed by atoms with Gasteiger partial charge in [-0.3, -0.25) is 0 Å². The Labute approximate surface area is 352 Å². The van der Waals surface area contributed by atoms with Crippen LogP contribution in [0, 0.1) is 0 Å². The molecule has 282 valence electrons. The van der Waals surface area contributed by atoms with Crippen LogP contribution in [0.15, 0.2) is 194 Å². The number of thiophene rings is 1. The van der Waals surface area contributed by atoms with Crippen LogP contribution in [0.2, 0.25) is 0 Å². The van der Waals surface area contributed by atoms with Gasteiger partial charge in [0.2, 0.25) is 0 Å². The van der Waals surface area contributed by atoms with E-state index in [-0.39, 0.29) is 0 Å². The molecule has 0 radical (unpaired) electrons. The van der Waals surface area contributed by atoms with Gasteiger partial charge < -0.3 is 0 Å². The third kappa shape index (κ3) is 5.83. The third-order valence-electron chi connectivity index (χ3n) is 12.3. The van der Waals surface area contributed by atoms with Crippen molar-refractivity contribution in [2.45, 2.75) is 18.8 Å². The van der Waals surface area contributed by atoms with E-state index in [1.165, 1.54) is 64.1 Å². The van der Waals surface area contributed by atoms with Gasteiger partial charge in [0.15, 0.2) is 5.82 Å². The van der Waals surface area contributed by atoms with E-state index in [0.717, 1.165) is 57.7 Å². The summed E-state index contributed by atoms with van der Waals surface area (Å²) >= 11 is 1.85. The minimum atomic E-state index is 0.313. The van der Waals surface area contributed by atoms with Gasteiger partial charge in [-0.1, -0.05) is 170 Å². The number of aryl methyl sites for hydroxylation is 1. The van der Waals surface area contributed by atoms with Crippen molar-refractivity contribution in [1.82, 2.24) is 15.0 Å². The average molecular weight is 784 g/mol. The fourth-order valence-electron chi connectivity index (χ4n) is 9.44. The molecule has 0 aliphatic heterocycles. The molecule has 60 heavy (non-hydrogen) atoms. The molecule has 1 aliphatic carbocycles. The highest BCUT2D eigenvalue weighted by Crippen LogP contribution is 2.46. The number of rotatable bonds is 5. The van der Waals surface area contributed by atoms with Crippen LogP contribution in [0.4, 0.5) is 0 Å². The monoisotopic (exact) mass is 783 g/mol. The first-order valence-corrected chi connectivity index (χ1v) is 21.5. The molecule has 0 amide bonds. The Morgan fingerprint density at radius 3 is 1.95 bits per heavy atom. The van der Waals surface area contributed by atoms with Crippen LogP contribution in [0.3, 0.4) is 0 Å². The van der Waals surface area contributed by atoms with Crippen LogP contribution in [-0.4, -0.2) is 15.0 Å². The van der Waals surface area contributed by atoms with Crippen molar-refractivity contribution >= 4 is 53.2 Å². The first kappa shape index (κ1) is 34.7. The van der Waals surface area contributed by atoms with Crippen molar-refractivity contribution in [3.05, 3.63) is 211 Å². The van der Waals surface area contributed by atoms with E-state index in [9.17, 15) is 0 Å². The summed E-state index contributed by atoms with van der Waals surface area (Å²) in [5.74, 6) is 1.03. The van der Waals surface area contributed by atoms with E-state index < -0.39 is 0 Å². The smallest absolute Gasteiger partial charge is 0.160 e. The van der Waals surface area contributed by atoms with Gasteiger partial charge in [0, 0.05) is 64.5 Å². The molecular weight excluding hydrogens is 747 g/mol. The second kappa shape index (κ2) is 14.2. The molecular formula is C56H37N3S. The maximum absolute atomic E-state index is 5.39. The van der Waals surface area contributed by atoms with Gasteiger partial charge in [-0.05, 0) is 64.9 Å². The zero-order valence-electron chi connectivity index (χ0n) is 32.7. The van der Waals surface area contributed by atoms with Crippen molar-refractivity contribution in [2.24, 2.45) is 0 Å². The summed E-state index contributed by atoms with van der Waals surface area (Å²) in [5, 5.41) is 6.08. The Balaban J connectivity index is 1.04. The topological polar surface area (TPSA) is 38.7 Å². The van der Waals surface area contributed by atoms with Gasteiger partial charge in [-0.15, -0.1) is 11.3 Å². The summed E-state index contributed by atoms with van der Waals surface area (Å²) in [6.07, 6.45) is 2.10. The molecule has 4 heteroatoms. The molecule has 3 heterocycles. The van der Waals surface area contributed by atoms with Gasteiger partial charge in [-0.2, -0.15) is 0 Å². The van der Waals surface area contributed by atoms with Crippen LogP contribution in [0.5, 0.6) is 0 Å². The molecule has 0 bridgehead atoms. The Kier molecular flexibility index (Phi) is 8.24. The number of aromatic nitrogens is 3. The first-order valence-electron chi connectivity index (χ1n) is 20.7. The lowest BCUT2D eigenvalue weighted by Gasteiger charge is -2.19. The lowest BCUT2D eigenvalue weighted by molar-refractivity contribution is 0.726. The van der Waals surface area contributed by atoms with Crippen molar-refractivity contribution in [3.8, 4) is 56.3 Å². The molecule has 3 aromatic heterocycles. The molecule has 12 rings (SSSR count). The van der Waals surface area contributed by atoms with Crippen molar-refractivity contribution in [1.29, 1.82) is 0 Å². The molecule has 1 unspecified atom stereocenters. The maximum Gasteiger partial charge on any atom is 0.160 e. The molecule has 0 N–H and O–H groups in total. The molecule has 0 saturated carbocycles. The van der Waals surface area contributed by atoms with Crippen LogP contribution < -0.4 is 0 Å². The summed E-state index contributed by atoms with van der Waals surface area (Å²) in [6.45, 7) is 0. The first-order chi connectivity index (χ1) is 29.7. The van der Waals surface area contributed by atoms with E-state index in [2.05, 4.69) is 194 Å². The molecule has 1 atom stereocenters. The van der Waals surface area contributed by atoms with Crippen molar-refractivity contribution < 1.29 is 0 Å². The molecule has 1 aliphatic rings. The fourth-order valence-corrected chi connectivity index (χ4v) is 10.7. The zero-order chi connectivity index (χ0) is 39.6. The van der Waals surface area contributed by atoms with Gasteiger partial charge in [0.05, 0.1) is 22.6 Å². The summed E-state index contributed by atoms with van der Waals surface area (Å²) in [7, 11) is 0. The number of fused-ring (bicyclic) bond motifs is 10. The zero-order valence-corrected chi connectivity index (χ0v) is 33.5. The number of nitrogens with zero attached hydrogens (tertiary/aromatic N) is 3. The van der Waals surface area contributed by atoms with E-state index >= 15 is 0 Å². The molecule has 8 aromatic carbocycles. The van der Waals surface area contributed by atoms with Gasteiger partial charge in [-0.25, -0.2) is 15.0 Å². The van der Waals surface area contributed by atoms with E-state index in [0.29, 0.717) is 11.7 Å². The normalized spacial score (nSPS) is 13.7. The van der Waals surface area contributed by atoms with Crippen LogP contribution in [0.25, 0.3) is 98.1 Å². The summed E-state index contributed by atoms with van der Waals surface area (Å²) in [4.78, 5) is 15.9. The number of hydrogen-bond acceptors (Lipinski definition) is 4. The lowest BCUT2D eigenvalue weighted by atomic mass is 9.85. The molecule has 0 saturated heterocycles. The quantitative estimate of drug-likeness (QED) is 0.163. The number of pyridine rings is 1. The average Bonchev–Trinajstić information content (AvgIpc) is 3.62. The second-order valence-corrected chi connectivity index (χ2v) is 16.9. The van der Waals surface area contributed by atoms with E-state index in [4.69, 9.17) is 15.0 Å². The van der Waals surface area contributed by atoms with Gasteiger partial charge >= 0.3 is 0 Å². The maximum atomic E-state index is 5.39. The minimum absolute atomic E-state index is 0.313. The standard InChI is InChI=1S/C56H37N3S/c1-4-14-35(15-5-1)42-27-24-36-16-10-11-21-41(36)48-32-39(25-28-43(42)48)51-34-50(37-17-6-2-7-18-37)58-56(59-51)40-26-29-44-45-30-31-47-53(55(45)60-52(44)33-40)46-22-12-13-23-49(46)57-54(47)38-19-8-3-9-20-38/h1-23,25-26,28-34,42H,24,27H2. The van der Waals surface area contributed by atoms with Gasteiger partial charge in [0.25, 0.3) is 0 Å². The Morgan fingerprint density at radius 2 is 1.12 bits per heavy atom. The Morgan fingerprint density at radius 1 is 0.450 bits per heavy atom. The number of hydrogen-bond donors (Lipinski definition) is 0. The fraction of sp³-hybridized carbons (Fsp3) is 0.0536. The van der Waals surface area contributed by atoms with Crippen LogP contribution in [0.1, 0.15) is 29.0 Å². The molecule has 0 fully saturated rings. The highest BCUT2D eigenvalue weighted by Gasteiger charge is 2.25. The van der Waals surface area contributed by atoms with E-state index in [1.54, 1.807) is 0 Å². The summed E-state index contributed by atoms with van der Waals surface area (Å²) in [6, 6.07) is 69.9. The predicted molar refractivity (Wildman–Crippen MR) is 252 cm³/mol. The Hall–Kier alpha value is -7.27. The second-order valence-electron chi connectivity index (χ2n) is 15.8. The molecule has 11 aromatic rings. The van der Waals surface area contributed by atoms with Crippen LogP contribution in [-0.2, 0) is 6.42 Å². The van der Waals surface area contributed by atoms with Crippen LogP contribution >= 0.6 is 11.3 Å².